The normalized spacial score (nSPS) is 15.1. The molecular formula is C29H38N6O4. The molecular weight excluding hydrogens is 496 g/mol. The molecule has 0 aliphatic carbocycles. The van der Waals surface area contributed by atoms with E-state index < -0.39 is 0 Å². The van der Waals surface area contributed by atoms with Crippen molar-refractivity contribution in [1.29, 1.82) is 0 Å². The molecule has 2 heterocycles. The van der Waals surface area contributed by atoms with Crippen LogP contribution in [0.15, 0.2) is 48.5 Å². The number of anilines is 1. The van der Waals surface area contributed by atoms with Crippen molar-refractivity contribution in [1.82, 2.24) is 24.8 Å². The average Bonchev–Trinajstić information content (AvgIpc) is 3.31. The fourth-order valence-electron chi connectivity index (χ4n) is 4.92. The minimum absolute atomic E-state index is 0.00253. The van der Waals surface area contributed by atoms with Gasteiger partial charge in [-0.2, -0.15) is 0 Å². The molecule has 3 aromatic rings. The molecule has 0 saturated heterocycles. The summed E-state index contributed by atoms with van der Waals surface area (Å²) in [4.78, 5) is 33.0. The summed E-state index contributed by atoms with van der Waals surface area (Å²) in [6, 6.07) is 15.5. The molecule has 0 fully saturated rings. The van der Waals surface area contributed by atoms with Crippen LogP contribution in [0.1, 0.15) is 42.0 Å². The lowest BCUT2D eigenvalue weighted by atomic mass is 10.1. The fourth-order valence-corrected chi connectivity index (χ4v) is 4.92. The lowest BCUT2D eigenvalue weighted by Crippen LogP contribution is -2.41. The summed E-state index contributed by atoms with van der Waals surface area (Å²) in [7, 11) is 3.14. The number of nitrogens with zero attached hydrogens (tertiary/aromatic N) is 6. The monoisotopic (exact) mass is 534 g/mol. The molecule has 0 radical (unpaired) electrons. The number of methoxy groups -OCH3 is 2. The average molecular weight is 535 g/mol. The maximum absolute atomic E-state index is 14.0. The third-order valence-electron chi connectivity index (χ3n) is 7.11. The smallest absolute Gasteiger partial charge is 0.276 e. The van der Waals surface area contributed by atoms with Gasteiger partial charge in [-0.05, 0) is 51.0 Å². The first-order valence-corrected chi connectivity index (χ1v) is 13.3. The van der Waals surface area contributed by atoms with Gasteiger partial charge in [0.2, 0.25) is 0 Å². The number of amides is 2. The number of para-hydroxylation sites is 1. The van der Waals surface area contributed by atoms with Crippen LogP contribution in [-0.4, -0.2) is 89.7 Å². The Labute approximate surface area is 230 Å². The summed E-state index contributed by atoms with van der Waals surface area (Å²) in [5, 5.41) is 8.60. The minimum Gasteiger partial charge on any atom is -0.497 e. The van der Waals surface area contributed by atoms with Gasteiger partial charge in [0, 0.05) is 57.6 Å². The van der Waals surface area contributed by atoms with E-state index in [0.717, 1.165) is 29.9 Å². The number of benzene rings is 2. The number of fused-ring (bicyclic) bond motifs is 1. The molecule has 39 heavy (non-hydrogen) atoms. The van der Waals surface area contributed by atoms with Crippen LogP contribution in [0.4, 0.5) is 5.69 Å². The highest BCUT2D eigenvalue weighted by atomic mass is 16.5. The molecule has 0 unspecified atom stereocenters. The second-order valence-corrected chi connectivity index (χ2v) is 9.95. The van der Waals surface area contributed by atoms with Crippen LogP contribution in [-0.2, 0) is 16.1 Å². The summed E-state index contributed by atoms with van der Waals surface area (Å²) in [6.45, 7) is 9.09. The Kier molecular flexibility index (Phi) is 9.32. The number of carbonyl (C=O) groups is 2. The van der Waals surface area contributed by atoms with E-state index in [1.807, 2.05) is 60.4 Å². The highest BCUT2D eigenvalue weighted by molar-refractivity contribution is 5.96. The molecule has 4 rings (SSSR count). The standard InChI is InChI=1S/C29H38N6O4/c1-21(2)32-14-9-15-34(27(36)20-38-4)26-13-7-6-10-23(26)19-33(17-16-32)29(37)28-22(3)35(31-30-28)24-11-8-12-25(18-24)39-5/h6-8,10-13,18,21H,9,14-17,19-20H2,1-5H3. The van der Waals surface area contributed by atoms with Crippen molar-refractivity contribution in [3.63, 3.8) is 0 Å². The molecule has 2 aromatic carbocycles. The summed E-state index contributed by atoms with van der Waals surface area (Å²) in [5.41, 5.74) is 3.40. The molecule has 208 valence electrons. The van der Waals surface area contributed by atoms with Crippen molar-refractivity contribution in [3.05, 3.63) is 65.5 Å². The van der Waals surface area contributed by atoms with Crippen LogP contribution >= 0.6 is 0 Å². The molecule has 0 N–H and O–H groups in total. The number of hydrogen-bond donors (Lipinski definition) is 0. The van der Waals surface area contributed by atoms with Gasteiger partial charge in [-0.25, -0.2) is 4.68 Å². The Hall–Kier alpha value is -3.76. The van der Waals surface area contributed by atoms with Gasteiger partial charge in [-0.3, -0.25) is 14.5 Å². The third kappa shape index (κ3) is 6.46. The van der Waals surface area contributed by atoms with E-state index in [0.29, 0.717) is 49.4 Å². The first-order valence-electron chi connectivity index (χ1n) is 13.3. The molecule has 10 heteroatoms. The Morgan fingerprint density at radius 2 is 1.79 bits per heavy atom. The van der Waals surface area contributed by atoms with E-state index in [1.54, 1.807) is 16.7 Å². The van der Waals surface area contributed by atoms with Crippen LogP contribution in [0.5, 0.6) is 5.75 Å². The van der Waals surface area contributed by atoms with Gasteiger partial charge in [0.25, 0.3) is 11.8 Å². The third-order valence-corrected chi connectivity index (χ3v) is 7.11. The number of aromatic nitrogens is 3. The Morgan fingerprint density at radius 1 is 1.00 bits per heavy atom. The maximum atomic E-state index is 14.0. The van der Waals surface area contributed by atoms with E-state index in [2.05, 4.69) is 29.1 Å². The molecule has 1 aromatic heterocycles. The van der Waals surface area contributed by atoms with Crippen molar-refractivity contribution in [2.75, 3.05) is 51.9 Å². The summed E-state index contributed by atoms with van der Waals surface area (Å²) in [5.74, 6) is 0.393. The number of ether oxygens (including phenoxy) is 2. The van der Waals surface area contributed by atoms with E-state index >= 15 is 0 Å². The van der Waals surface area contributed by atoms with E-state index in [4.69, 9.17) is 9.47 Å². The number of rotatable bonds is 6. The fraction of sp³-hybridized carbons (Fsp3) is 0.448. The predicted molar refractivity (Wildman–Crippen MR) is 149 cm³/mol. The van der Waals surface area contributed by atoms with Gasteiger partial charge >= 0.3 is 0 Å². The molecule has 0 bridgehead atoms. The first kappa shape index (κ1) is 28.3. The molecule has 1 aliphatic rings. The topological polar surface area (TPSA) is 93.0 Å². The largest absolute Gasteiger partial charge is 0.497 e. The van der Waals surface area contributed by atoms with Crippen molar-refractivity contribution < 1.29 is 19.1 Å². The molecule has 10 nitrogen and oxygen atoms in total. The van der Waals surface area contributed by atoms with Crippen LogP contribution < -0.4 is 9.64 Å². The Morgan fingerprint density at radius 3 is 2.54 bits per heavy atom. The van der Waals surface area contributed by atoms with Gasteiger partial charge in [0.1, 0.15) is 12.4 Å². The molecule has 0 saturated carbocycles. The summed E-state index contributed by atoms with van der Waals surface area (Å²) in [6.07, 6.45) is 0.809. The van der Waals surface area contributed by atoms with Crippen LogP contribution in [0.3, 0.4) is 0 Å². The molecule has 0 atom stereocenters. The van der Waals surface area contributed by atoms with Crippen LogP contribution in [0.25, 0.3) is 5.69 Å². The van der Waals surface area contributed by atoms with E-state index in [-0.39, 0.29) is 18.4 Å². The van der Waals surface area contributed by atoms with Gasteiger partial charge in [0.05, 0.1) is 18.5 Å². The van der Waals surface area contributed by atoms with Gasteiger partial charge in [-0.1, -0.05) is 29.5 Å². The molecule has 2 amide bonds. The van der Waals surface area contributed by atoms with E-state index in [9.17, 15) is 9.59 Å². The summed E-state index contributed by atoms with van der Waals surface area (Å²) < 4.78 is 12.2. The number of hydrogen-bond acceptors (Lipinski definition) is 7. The first-order chi connectivity index (χ1) is 18.8. The Bertz CT molecular complexity index is 1290. The van der Waals surface area contributed by atoms with Crippen LogP contribution in [0.2, 0.25) is 0 Å². The SMILES string of the molecule is COCC(=O)N1CCCN(C(C)C)CCN(C(=O)c2nnn(-c3cccc(OC)c3)c2C)Cc2ccccc21. The zero-order valence-corrected chi connectivity index (χ0v) is 23.5. The second kappa shape index (κ2) is 12.9. The Balaban J connectivity index is 1.70. The lowest BCUT2D eigenvalue weighted by Gasteiger charge is -2.29. The highest BCUT2D eigenvalue weighted by Gasteiger charge is 2.27. The number of carbonyl (C=O) groups excluding carboxylic acids is 2. The van der Waals surface area contributed by atoms with Gasteiger partial charge < -0.3 is 19.3 Å². The molecule has 0 spiro atoms. The van der Waals surface area contributed by atoms with Crippen molar-refractivity contribution in [2.24, 2.45) is 0 Å². The predicted octanol–water partition coefficient (Wildman–Crippen LogP) is 3.32. The van der Waals surface area contributed by atoms with Gasteiger partial charge in [0.15, 0.2) is 5.69 Å². The van der Waals surface area contributed by atoms with Gasteiger partial charge in [-0.15, -0.1) is 5.10 Å². The second-order valence-electron chi connectivity index (χ2n) is 9.95. The molecule has 1 aliphatic heterocycles. The summed E-state index contributed by atoms with van der Waals surface area (Å²) >= 11 is 0. The van der Waals surface area contributed by atoms with E-state index in [1.165, 1.54) is 7.11 Å². The zero-order chi connectivity index (χ0) is 27.9. The van der Waals surface area contributed by atoms with Crippen LogP contribution in [0, 0.1) is 6.92 Å². The maximum Gasteiger partial charge on any atom is 0.276 e. The van der Waals surface area contributed by atoms with Crippen molar-refractivity contribution >= 4 is 17.5 Å². The lowest BCUT2D eigenvalue weighted by molar-refractivity contribution is -0.122. The highest BCUT2D eigenvalue weighted by Crippen LogP contribution is 2.25. The van der Waals surface area contributed by atoms with Crippen molar-refractivity contribution in [3.8, 4) is 11.4 Å². The minimum atomic E-state index is -0.200. The zero-order valence-electron chi connectivity index (χ0n) is 23.5. The quantitative estimate of drug-likeness (QED) is 0.479. The van der Waals surface area contributed by atoms with Crippen molar-refractivity contribution in [2.45, 2.75) is 39.8 Å².